The molecule has 0 aliphatic rings. The maximum atomic E-state index is 12.7. The maximum Gasteiger partial charge on any atom is 0.321 e. The average Bonchev–Trinajstić information content (AvgIpc) is 2.72. The highest BCUT2D eigenvalue weighted by Crippen LogP contribution is 2.38. The molecule has 1 rings (SSSR count). The van der Waals surface area contributed by atoms with Crippen molar-refractivity contribution in [3.63, 3.8) is 0 Å². The van der Waals surface area contributed by atoms with Crippen LogP contribution in [-0.2, 0) is 23.9 Å². The molecule has 208 valence electrons. The number of carboxylic acid groups (broad SMARTS) is 1. The predicted molar refractivity (Wildman–Crippen MR) is 139 cm³/mol. The van der Waals surface area contributed by atoms with Gasteiger partial charge in [-0.1, -0.05) is 61.5 Å². The summed E-state index contributed by atoms with van der Waals surface area (Å²) in [5.74, 6) is -3.97. The largest absolute Gasteiger partial charge is 0.480 e. The third-order valence-corrected chi connectivity index (χ3v) is 5.73. The van der Waals surface area contributed by atoms with Crippen molar-refractivity contribution in [2.75, 3.05) is 0 Å². The van der Waals surface area contributed by atoms with E-state index in [1.807, 2.05) is 41.5 Å². The van der Waals surface area contributed by atoms with Crippen LogP contribution in [0.15, 0.2) is 18.2 Å². The summed E-state index contributed by atoms with van der Waals surface area (Å²) in [5, 5.41) is 9.71. The zero-order chi connectivity index (χ0) is 28.7. The van der Waals surface area contributed by atoms with Crippen molar-refractivity contribution in [1.82, 2.24) is 0 Å². The van der Waals surface area contributed by atoms with E-state index in [4.69, 9.17) is 19.9 Å². The summed E-state index contributed by atoms with van der Waals surface area (Å²) in [6.45, 7) is 16.4. The molecule has 0 heterocycles. The Balaban J connectivity index is 3.51. The molecule has 1 aromatic carbocycles. The molecule has 4 atom stereocenters. The van der Waals surface area contributed by atoms with Gasteiger partial charge in [0.2, 0.25) is 0 Å². The van der Waals surface area contributed by atoms with E-state index < -0.39 is 47.9 Å². The number of hydrogen-bond donors (Lipinski definition) is 2. The fraction of sp³-hybridized carbons (Fsp3) is 0.643. The SMILES string of the molecule is CCC(=O)OC(C)C(C)C(c1ccc(OC(=O)CC(C)(C)C)c(OC(=O)CC(C)(C)C)c1)[C@H](N)C(=O)O. The summed E-state index contributed by atoms with van der Waals surface area (Å²) in [4.78, 5) is 49.0. The quantitative estimate of drug-likeness (QED) is 0.309. The van der Waals surface area contributed by atoms with E-state index in [2.05, 4.69) is 0 Å². The highest BCUT2D eigenvalue weighted by atomic mass is 16.6. The summed E-state index contributed by atoms with van der Waals surface area (Å²) in [6.07, 6.45) is -0.229. The van der Waals surface area contributed by atoms with Gasteiger partial charge in [0.25, 0.3) is 0 Å². The summed E-state index contributed by atoms with van der Waals surface area (Å²) in [6, 6.07) is 3.18. The fourth-order valence-electron chi connectivity index (χ4n) is 3.76. The standard InChI is InChI=1S/C28H43NO8/c1-10-21(30)35-17(3)16(2)24(25(29)26(33)34)18-11-12-19(36-22(31)14-27(4,5)6)20(13-18)37-23(32)15-28(7,8)9/h11-13,16-17,24-25H,10,14-15,29H2,1-9H3,(H,33,34)/t16?,17?,24?,25-/m0/s1. The van der Waals surface area contributed by atoms with Gasteiger partial charge in [-0.2, -0.15) is 0 Å². The Morgan fingerprint density at radius 1 is 0.865 bits per heavy atom. The molecule has 0 saturated carbocycles. The number of carbonyl (C=O) groups is 4. The fourth-order valence-corrected chi connectivity index (χ4v) is 3.76. The van der Waals surface area contributed by atoms with Crippen molar-refractivity contribution < 1.29 is 38.5 Å². The van der Waals surface area contributed by atoms with Crippen molar-refractivity contribution >= 4 is 23.9 Å². The number of rotatable bonds is 11. The topological polar surface area (TPSA) is 142 Å². The van der Waals surface area contributed by atoms with Crippen molar-refractivity contribution in [1.29, 1.82) is 0 Å². The van der Waals surface area contributed by atoms with Gasteiger partial charge in [0.1, 0.15) is 12.1 Å². The van der Waals surface area contributed by atoms with Crippen LogP contribution < -0.4 is 15.2 Å². The minimum Gasteiger partial charge on any atom is -0.480 e. The van der Waals surface area contributed by atoms with E-state index >= 15 is 0 Å². The lowest BCUT2D eigenvalue weighted by Crippen LogP contribution is -2.42. The molecule has 3 N–H and O–H groups in total. The Kier molecular flexibility index (Phi) is 11.3. The second kappa shape index (κ2) is 13.0. The van der Waals surface area contributed by atoms with Gasteiger partial charge < -0.3 is 25.1 Å². The molecule has 9 heteroatoms. The maximum absolute atomic E-state index is 12.7. The lowest BCUT2D eigenvalue weighted by atomic mass is 9.79. The highest BCUT2D eigenvalue weighted by Gasteiger charge is 2.36. The average molecular weight is 522 g/mol. The molecule has 3 unspecified atom stereocenters. The van der Waals surface area contributed by atoms with Gasteiger partial charge in [-0.25, -0.2) is 0 Å². The second-order valence-corrected chi connectivity index (χ2v) is 11.9. The third-order valence-electron chi connectivity index (χ3n) is 5.73. The Morgan fingerprint density at radius 2 is 1.35 bits per heavy atom. The molecule has 0 aliphatic carbocycles. The summed E-state index contributed by atoms with van der Waals surface area (Å²) in [5.41, 5.74) is 5.86. The van der Waals surface area contributed by atoms with Crippen molar-refractivity contribution in [3.05, 3.63) is 23.8 Å². The number of carbonyl (C=O) groups excluding carboxylic acids is 3. The molecule has 0 aliphatic heterocycles. The number of carboxylic acids is 1. The lowest BCUT2D eigenvalue weighted by Gasteiger charge is -2.32. The highest BCUT2D eigenvalue weighted by molar-refractivity contribution is 5.78. The van der Waals surface area contributed by atoms with E-state index in [9.17, 15) is 24.3 Å². The van der Waals surface area contributed by atoms with Crippen LogP contribution in [0.25, 0.3) is 0 Å². The number of ether oxygens (including phenoxy) is 3. The van der Waals surface area contributed by atoms with Crippen LogP contribution in [0, 0.1) is 16.7 Å². The zero-order valence-electron chi connectivity index (χ0n) is 23.5. The number of aliphatic carboxylic acids is 1. The van der Waals surface area contributed by atoms with Crippen molar-refractivity contribution in [2.45, 2.75) is 99.6 Å². The summed E-state index contributed by atoms with van der Waals surface area (Å²) < 4.78 is 16.6. The number of hydrogen-bond acceptors (Lipinski definition) is 8. The van der Waals surface area contributed by atoms with Crippen LogP contribution in [0.2, 0.25) is 0 Å². The monoisotopic (exact) mass is 521 g/mol. The van der Waals surface area contributed by atoms with E-state index in [0.29, 0.717) is 5.56 Å². The summed E-state index contributed by atoms with van der Waals surface area (Å²) >= 11 is 0. The first-order chi connectivity index (χ1) is 16.8. The smallest absolute Gasteiger partial charge is 0.321 e. The molecule has 0 amide bonds. The Bertz CT molecular complexity index is 973. The van der Waals surface area contributed by atoms with Crippen molar-refractivity contribution in [3.8, 4) is 11.5 Å². The Labute approximate surface area is 220 Å². The molecule has 9 nitrogen and oxygen atoms in total. The molecule has 0 fully saturated rings. The minimum absolute atomic E-state index is 0.0120. The first-order valence-electron chi connectivity index (χ1n) is 12.6. The van der Waals surface area contributed by atoms with Crippen LogP contribution >= 0.6 is 0 Å². The van der Waals surface area contributed by atoms with Crippen molar-refractivity contribution in [2.24, 2.45) is 22.5 Å². The van der Waals surface area contributed by atoms with Gasteiger partial charge in [-0.15, -0.1) is 0 Å². The predicted octanol–water partition coefficient (Wildman–Crippen LogP) is 4.84. The van der Waals surface area contributed by atoms with Crippen LogP contribution in [0.3, 0.4) is 0 Å². The van der Waals surface area contributed by atoms with Gasteiger partial charge in [-0.05, 0) is 35.4 Å². The Hall–Kier alpha value is -2.94. The number of benzene rings is 1. The van der Waals surface area contributed by atoms with E-state index in [1.165, 1.54) is 12.1 Å². The molecule has 0 radical (unpaired) electrons. The van der Waals surface area contributed by atoms with E-state index in [-0.39, 0.29) is 41.6 Å². The third kappa shape index (κ3) is 10.9. The number of esters is 3. The molecule has 0 bridgehead atoms. The summed E-state index contributed by atoms with van der Waals surface area (Å²) in [7, 11) is 0. The first kappa shape index (κ1) is 32.1. The van der Waals surface area contributed by atoms with E-state index in [0.717, 1.165) is 0 Å². The van der Waals surface area contributed by atoms with Gasteiger partial charge in [0, 0.05) is 18.3 Å². The van der Waals surface area contributed by atoms with Crippen LogP contribution in [0.1, 0.15) is 93.1 Å². The molecular formula is C28H43NO8. The molecule has 0 saturated heterocycles. The zero-order valence-corrected chi connectivity index (χ0v) is 23.5. The molecule has 1 aromatic rings. The lowest BCUT2D eigenvalue weighted by molar-refractivity contribution is -0.151. The van der Waals surface area contributed by atoms with Crippen LogP contribution in [0.5, 0.6) is 11.5 Å². The molecule has 0 spiro atoms. The molecule has 0 aromatic heterocycles. The van der Waals surface area contributed by atoms with Crippen LogP contribution in [0.4, 0.5) is 0 Å². The second-order valence-electron chi connectivity index (χ2n) is 11.9. The number of nitrogens with two attached hydrogens (primary N) is 1. The first-order valence-corrected chi connectivity index (χ1v) is 12.6. The molecular weight excluding hydrogens is 478 g/mol. The Morgan fingerprint density at radius 3 is 1.78 bits per heavy atom. The van der Waals surface area contributed by atoms with Gasteiger partial charge in [0.05, 0.1) is 12.8 Å². The van der Waals surface area contributed by atoms with Crippen LogP contribution in [-0.4, -0.2) is 41.1 Å². The normalized spacial score (nSPS) is 15.2. The molecule has 37 heavy (non-hydrogen) atoms. The van der Waals surface area contributed by atoms with Gasteiger partial charge in [0.15, 0.2) is 11.5 Å². The van der Waals surface area contributed by atoms with Gasteiger partial charge >= 0.3 is 23.9 Å². The minimum atomic E-state index is -1.34. The van der Waals surface area contributed by atoms with Gasteiger partial charge in [-0.3, -0.25) is 19.2 Å². The van der Waals surface area contributed by atoms with E-state index in [1.54, 1.807) is 26.8 Å².